The van der Waals surface area contributed by atoms with E-state index in [-0.39, 0.29) is 48.9 Å². The predicted molar refractivity (Wildman–Crippen MR) is 171 cm³/mol. The van der Waals surface area contributed by atoms with Crippen LogP contribution in [0, 0.1) is 0 Å². The van der Waals surface area contributed by atoms with Crippen molar-refractivity contribution in [2.75, 3.05) is 19.8 Å². The molecular formula is C33H46F6LiO4P. The van der Waals surface area contributed by atoms with E-state index in [1.165, 1.54) is 0 Å². The number of carbonyl (C=O) groups excluding carboxylic acids is 1. The second kappa shape index (κ2) is 21.1. The van der Waals surface area contributed by atoms with Crippen LogP contribution in [0.1, 0.15) is 119 Å². The van der Waals surface area contributed by atoms with Crippen molar-refractivity contribution < 1.29 is 45.3 Å². The summed E-state index contributed by atoms with van der Waals surface area (Å²) in [6, 6.07) is 4.77. The molecule has 2 aromatic rings. The molecule has 0 aliphatic heterocycles. The van der Waals surface area contributed by atoms with E-state index in [0.717, 1.165) is 64.2 Å². The molecule has 45 heavy (non-hydrogen) atoms. The van der Waals surface area contributed by atoms with Gasteiger partial charge in [-0.1, -0.05) is 84.6 Å². The summed E-state index contributed by atoms with van der Waals surface area (Å²) < 4.78 is 101. The van der Waals surface area contributed by atoms with Crippen molar-refractivity contribution in [3.05, 3.63) is 47.0 Å². The van der Waals surface area contributed by atoms with Crippen LogP contribution in [0.5, 0.6) is 17.2 Å². The van der Waals surface area contributed by atoms with Gasteiger partial charge in [-0.05, 0) is 40.0 Å². The average molecular weight is 659 g/mol. The number of hydrogen-bond donors (Lipinski definition) is 0. The molecule has 0 bridgehead atoms. The minimum absolute atomic E-state index is 0. The summed E-state index contributed by atoms with van der Waals surface area (Å²) in [6.07, 6.45) is 0.692. The third kappa shape index (κ3) is 14.2. The molecule has 0 spiro atoms. The molecule has 2 aromatic carbocycles. The number of alkyl halides is 6. The van der Waals surface area contributed by atoms with Gasteiger partial charge in [-0.2, -0.15) is 26.3 Å². The van der Waals surface area contributed by atoms with E-state index in [1.54, 1.807) is 12.1 Å². The molecule has 0 amide bonds. The molecule has 0 aliphatic rings. The molecule has 0 N–H and O–H groups in total. The Morgan fingerprint density at radius 1 is 0.644 bits per heavy atom. The molecule has 0 fully saturated rings. The zero-order chi connectivity index (χ0) is 32.6. The number of rotatable bonds is 21. The van der Waals surface area contributed by atoms with E-state index in [4.69, 9.17) is 14.2 Å². The van der Waals surface area contributed by atoms with Gasteiger partial charge >= 0.3 is 31.2 Å². The zero-order valence-electron chi connectivity index (χ0n) is 25.9. The number of hydrogen-bond acceptors (Lipinski definition) is 4. The normalized spacial score (nSPS) is 11.9. The zero-order valence-corrected chi connectivity index (χ0v) is 26.9. The van der Waals surface area contributed by atoms with Crippen LogP contribution >= 0.6 is 8.58 Å². The van der Waals surface area contributed by atoms with E-state index in [9.17, 15) is 31.1 Å². The molecule has 12 heteroatoms. The molecule has 1 atom stereocenters. The fraction of sp³-hybridized carbons (Fsp3) is 0.606. The van der Waals surface area contributed by atoms with Crippen LogP contribution in [-0.4, -0.2) is 44.2 Å². The number of unbranched alkanes of at least 4 members (excludes halogenated alkanes) is 9. The third-order valence-electron chi connectivity index (χ3n) is 6.96. The van der Waals surface area contributed by atoms with E-state index in [0.29, 0.717) is 43.4 Å². The monoisotopic (exact) mass is 658 g/mol. The maximum absolute atomic E-state index is 13.9. The van der Waals surface area contributed by atoms with Gasteiger partial charge in [-0.15, -0.1) is 0 Å². The van der Waals surface area contributed by atoms with Crippen molar-refractivity contribution in [1.82, 2.24) is 0 Å². The van der Waals surface area contributed by atoms with Crippen molar-refractivity contribution in [3.8, 4) is 17.2 Å². The number of halogens is 6. The fourth-order valence-electron chi connectivity index (χ4n) is 4.59. The summed E-state index contributed by atoms with van der Waals surface area (Å²) in [7, 11) is -1.12. The molecule has 0 aliphatic carbocycles. The Morgan fingerprint density at radius 2 is 1.04 bits per heavy atom. The summed E-state index contributed by atoms with van der Waals surface area (Å²) in [5, 5.41) is 0.129. The molecule has 0 radical (unpaired) electrons. The SMILES string of the molecule is CCCCCCOc1cc(OCCCCCC)c(PC(=O)c2c(C(F)(F)F)cccc2C(F)(F)F)c(OCCCCCC)c1.[LiH]. The summed E-state index contributed by atoms with van der Waals surface area (Å²) >= 11 is 0. The Hall–Kier alpha value is -1.88. The van der Waals surface area contributed by atoms with Crippen molar-refractivity contribution in [2.24, 2.45) is 0 Å². The topological polar surface area (TPSA) is 44.8 Å². The quantitative estimate of drug-likeness (QED) is 0.0580. The van der Waals surface area contributed by atoms with Crippen molar-refractivity contribution in [2.45, 2.75) is 110 Å². The van der Waals surface area contributed by atoms with E-state index >= 15 is 0 Å². The van der Waals surface area contributed by atoms with Gasteiger partial charge < -0.3 is 14.2 Å². The van der Waals surface area contributed by atoms with Gasteiger partial charge in [0.15, 0.2) is 5.52 Å². The van der Waals surface area contributed by atoms with Crippen LogP contribution < -0.4 is 19.5 Å². The number of benzene rings is 2. The van der Waals surface area contributed by atoms with Crippen molar-refractivity contribution in [1.29, 1.82) is 0 Å². The molecule has 0 saturated heterocycles. The van der Waals surface area contributed by atoms with Gasteiger partial charge in [-0.3, -0.25) is 4.79 Å². The second-order valence-corrected chi connectivity index (χ2v) is 11.9. The summed E-state index contributed by atoms with van der Waals surface area (Å²) in [4.78, 5) is 13.5. The molecule has 0 aromatic heterocycles. The summed E-state index contributed by atoms with van der Waals surface area (Å²) in [5.74, 6) is 0.739. The van der Waals surface area contributed by atoms with Crippen molar-refractivity contribution in [3.63, 3.8) is 0 Å². The first-order valence-corrected chi connectivity index (χ1v) is 16.6. The van der Waals surface area contributed by atoms with Gasteiger partial charge in [0.25, 0.3) is 0 Å². The predicted octanol–water partition coefficient (Wildman–Crippen LogP) is 10.1. The Morgan fingerprint density at radius 3 is 1.42 bits per heavy atom. The molecule has 4 nitrogen and oxygen atoms in total. The van der Waals surface area contributed by atoms with Crippen LogP contribution in [0.3, 0.4) is 0 Å². The Kier molecular flexibility index (Phi) is 19.3. The Bertz CT molecular complexity index is 1090. The van der Waals surface area contributed by atoms with Crippen LogP contribution in [0.25, 0.3) is 0 Å². The molecule has 0 heterocycles. The summed E-state index contributed by atoms with van der Waals surface area (Å²) in [6.45, 7) is 7.15. The first kappa shape index (κ1) is 41.1. The van der Waals surface area contributed by atoms with E-state index in [2.05, 4.69) is 20.8 Å². The average Bonchev–Trinajstić information content (AvgIpc) is 2.96. The fourth-order valence-corrected chi connectivity index (χ4v) is 5.74. The molecule has 2 rings (SSSR count). The summed E-state index contributed by atoms with van der Waals surface area (Å²) in [5.41, 5.74) is -5.95. The molecular weight excluding hydrogens is 612 g/mol. The Labute approximate surface area is 277 Å². The van der Waals surface area contributed by atoms with Crippen LogP contribution in [0.4, 0.5) is 26.3 Å². The van der Waals surface area contributed by atoms with Gasteiger partial charge in [-0.25, -0.2) is 0 Å². The third-order valence-corrected chi connectivity index (χ3v) is 8.18. The van der Waals surface area contributed by atoms with E-state index in [1.807, 2.05) is 0 Å². The van der Waals surface area contributed by atoms with Crippen LogP contribution in [0.15, 0.2) is 30.3 Å². The van der Waals surface area contributed by atoms with Gasteiger partial charge in [0, 0.05) is 17.7 Å². The molecule has 0 saturated carbocycles. The Balaban J connectivity index is 0.0000101. The number of carbonyl (C=O) groups is 1. The van der Waals surface area contributed by atoms with Gasteiger partial charge in [0.05, 0.1) is 36.3 Å². The minimum atomic E-state index is -5.16. The molecule has 1 unspecified atom stereocenters. The molecule has 250 valence electrons. The van der Waals surface area contributed by atoms with Gasteiger partial charge in [0.1, 0.15) is 17.2 Å². The first-order chi connectivity index (χ1) is 20.9. The standard InChI is InChI=1S/C33H45F6O4P.Li.H/c1-4-7-10-13-19-41-24-22-27(42-20-14-11-8-5-2)30(28(23-24)43-21-15-12-9-6-3)44-31(40)29-25(32(34,35)36)17-16-18-26(29)33(37,38)39;;/h16-18,22-23,44H,4-15,19-21H2,1-3H3;;. The number of ether oxygens (including phenoxy) is 3. The second-order valence-electron chi connectivity index (χ2n) is 10.7. The van der Waals surface area contributed by atoms with E-state index < -0.39 is 43.1 Å². The van der Waals surface area contributed by atoms with Crippen molar-refractivity contribution >= 4 is 38.3 Å². The van der Waals surface area contributed by atoms with Crippen LogP contribution in [0.2, 0.25) is 0 Å². The van der Waals surface area contributed by atoms with Crippen LogP contribution in [-0.2, 0) is 12.4 Å². The van der Waals surface area contributed by atoms with Gasteiger partial charge in [0.2, 0.25) is 0 Å². The maximum atomic E-state index is 13.9. The first-order valence-electron chi connectivity index (χ1n) is 15.6.